The van der Waals surface area contributed by atoms with E-state index < -0.39 is 11.4 Å². The first kappa shape index (κ1) is 9.72. The summed E-state index contributed by atoms with van der Waals surface area (Å²) in [6.07, 6.45) is 1.25. The maximum atomic E-state index is 10.4. The zero-order chi connectivity index (χ0) is 7.07. The van der Waals surface area contributed by atoms with Crippen LogP contribution in [0.1, 0.15) is 19.8 Å². The van der Waals surface area contributed by atoms with Crippen LogP contribution in [0, 0.1) is 5.41 Å². The van der Waals surface area contributed by atoms with E-state index in [0.29, 0.717) is 12.8 Å². The number of carbonyl (C=O) groups is 1. The fraction of sp³-hybridized carbons (Fsp3) is 0.833. The van der Waals surface area contributed by atoms with Gasteiger partial charge in [-0.1, -0.05) is 0 Å². The van der Waals surface area contributed by atoms with Gasteiger partial charge < -0.3 is 10.8 Å². The van der Waals surface area contributed by atoms with Gasteiger partial charge in [0.15, 0.2) is 0 Å². The molecule has 1 rings (SSSR count). The van der Waals surface area contributed by atoms with E-state index in [4.69, 9.17) is 10.8 Å². The van der Waals surface area contributed by atoms with E-state index in [2.05, 4.69) is 0 Å². The molecule has 0 aromatic heterocycles. The number of aliphatic carboxylic acids is 1. The minimum Gasteiger partial charge on any atom is -0.481 e. The largest absolute Gasteiger partial charge is 0.481 e. The summed E-state index contributed by atoms with van der Waals surface area (Å²) in [4.78, 5) is 10.4. The van der Waals surface area contributed by atoms with E-state index in [1.807, 2.05) is 0 Å². The molecule has 1 fully saturated rings. The molecule has 3 nitrogen and oxygen atoms in total. The van der Waals surface area contributed by atoms with Crippen LogP contribution in [0.5, 0.6) is 0 Å². The van der Waals surface area contributed by atoms with Crippen molar-refractivity contribution in [3.8, 4) is 0 Å². The lowest BCUT2D eigenvalue weighted by Gasteiger charge is -2.39. The Morgan fingerprint density at radius 3 is 2.20 bits per heavy atom. The van der Waals surface area contributed by atoms with Gasteiger partial charge in [0, 0.05) is 6.04 Å². The molecule has 1 saturated carbocycles. The standard InChI is InChI=1S/C6H11NO2.ClH/c1-6(5(8)9)2-4(7)3-6;/h4H,2-3,7H2,1H3,(H,8,9);1H. The van der Waals surface area contributed by atoms with Crippen LogP contribution in [-0.2, 0) is 4.79 Å². The molecule has 0 aromatic rings. The summed E-state index contributed by atoms with van der Waals surface area (Å²) < 4.78 is 0. The van der Waals surface area contributed by atoms with Crippen molar-refractivity contribution in [2.24, 2.45) is 11.1 Å². The Balaban J connectivity index is 0.000000810. The van der Waals surface area contributed by atoms with Crippen LogP contribution in [-0.4, -0.2) is 17.1 Å². The molecule has 0 bridgehead atoms. The first-order valence-electron chi connectivity index (χ1n) is 3.03. The topological polar surface area (TPSA) is 63.3 Å². The molecule has 0 saturated heterocycles. The molecule has 0 radical (unpaired) electrons. The highest BCUT2D eigenvalue weighted by molar-refractivity contribution is 5.85. The Labute approximate surface area is 66.0 Å². The monoisotopic (exact) mass is 165 g/mol. The fourth-order valence-electron chi connectivity index (χ4n) is 1.27. The van der Waals surface area contributed by atoms with Crippen molar-refractivity contribution in [3.05, 3.63) is 0 Å². The maximum absolute atomic E-state index is 10.4. The molecule has 10 heavy (non-hydrogen) atoms. The van der Waals surface area contributed by atoms with Crippen LogP contribution in [0.15, 0.2) is 0 Å². The Morgan fingerprint density at radius 2 is 2.10 bits per heavy atom. The molecule has 0 atom stereocenters. The van der Waals surface area contributed by atoms with Crippen molar-refractivity contribution in [2.75, 3.05) is 0 Å². The van der Waals surface area contributed by atoms with Crippen molar-refractivity contribution in [2.45, 2.75) is 25.8 Å². The van der Waals surface area contributed by atoms with Gasteiger partial charge in [-0.05, 0) is 19.8 Å². The molecule has 60 valence electrons. The summed E-state index contributed by atoms with van der Waals surface area (Å²) in [6.45, 7) is 1.73. The number of rotatable bonds is 1. The van der Waals surface area contributed by atoms with Gasteiger partial charge in [0.05, 0.1) is 5.41 Å². The molecule has 0 aromatic carbocycles. The van der Waals surface area contributed by atoms with E-state index in [-0.39, 0.29) is 18.4 Å². The third kappa shape index (κ3) is 1.41. The Bertz CT molecular complexity index is 143. The molecular formula is C6H12ClNO2. The van der Waals surface area contributed by atoms with Crippen LogP contribution < -0.4 is 5.73 Å². The van der Waals surface area contributed by atoms with Crippen LogP contribution >= 0.6 is 12.4 Å². The first-order valence-corrected chi connectivity index (χ1v) is 3.03. The SMILES string of the molecule is CC1(C(=O)O)CC(N)C1.Cl. The smallest absolute Gasteiger partial charge is 0.309 e. The van der Waals surface area contributed by atoms with Gasteiger partial charge in [-0.15, -0.1) is 12.4 Å². The second-order valence-electron chi connectivity index (χ2n) is 3.03. The number of halogens is 1. The van der Waals surface area contributed by atoms with Crippen molar-refractivity contribution in [1.82, 2.24) is 0 Å². The van der Waals surface area contributed by atoms with E-state index in [1.165, 1.54) is 0 Å². The summed E-state index contributed by atoms with van der Waals surface area (Å²) in [7, 11) is 0. The summed E-state index contributed by atoms with van der Waals surface area (Å²) in [6, 6.07) is 0.117. The molecule has 0 amide bonds. The fourth-order valence-corrected chi connectivity index (χ4v) is 1.27. The molecule has 3 N–H and O–H groups in total. The number of carboxylic acid groups (broad SMARTS) is 1. The van der Waals surface area contributed by atoms with Crippen LogP contribution in [0.25, 0.3) is 0 Å². The van der Waals surface area contributed by atoms with Crippen LogP contribution in [0.3, 0.4) is 0 Å². The summed E-state index contributed by atoms with van der Waals surface area (Å²) in [5, 5.41) is 8.55. The van der Waals surface area contributed by atoms with Crippen LogP contribution in [0.2, 0.25) is 0 Å². The van der Waals surface area contributed by atoms with Crippen molar-refractivity contribution < 1.29 is 9.90 Å². The Kier molecular flexibility index (Phi) is 2.68. The van der Waals surface area contributed by atoms with Crippen molar-refractivity contribution in [1.29, 1.82) is 0 Å². The van der Waals surface area contributed by atoms with Crippen LogP contribution in [0.4, 0.5) is 0 Å². The van der Waals surface area contributed by atoms with E-state index in [1.54, 1.807) is 6.92 Å². The van der Waals surface area contributed by atoms with E-state index in [0.717, 1.165) is 0 Å². The van der Waals surface area contributed by atoms with Gasteiger partial charge in [0.25, 0.3) is 0 Å². The highest BCUT2D eigenvalue weighted by Crippen LogP contribution is 2.39. The average Bonchev–Trinajstić information content (AvgIpc) is 1.62. The molecular weight excluding hydrogens is 154 g/mol. The predicted molar refractivity (Wildman–Crippen MR) is 40.2 cm³/mol. The predicted octanol–water partition coefficient (Wildman–Crippen LogP) is 0.620. The minimum atomic E-state index is -0.718. The van der Waals surface area contributed by atoms with Gasteiger partial charge in [-0.2, -0.15) is 0 Å². The molecule has 4 heteroatoms. The zero-order valence-electron chi connectivity index (χ0n) is 5.83. The highest BCUT2D eigenvalue weighted by atomic mass is 35.5. The van der Waals surface area contributed by atoms with E-state index in [9.17, 15) is 4.79 Å². The quantitative estimate of drug-likeness (QED) is 0.599. The van der Waals surface area contributed by atoms with Gasteiger partial charge >= 0.3 is 5.97 Å². The summed E-state index contributed by atoms with van der Waals surface area (Å²) >= 11 is 0. The van der Waals surface area contributed by atoms with Gasteiger partial charge in [-0.25, -0.2) is 0 Å². The number of hydrogen-bond acceptors (Lipinski definition) is 2. The van der Waals surface area contributed by atoms with Crippen molar-refractivity contribution >= 4 is 18.4 Å². The summed E-state index contributed by atoms with van der Waals surface area (Å²) in [5.74, 6) is -0.718. The lowest BCUT2D eigenvalue weighted by molar-refractivity contribution is -0.153. The van der Waals surface area contributed by atoms with Crippen molar-refractivity contribution in [3.63, 3.8) is 0 Å². The molecule has 1 aliphatic carbocycles. The zero-order valence-corrected chi connectivity index (χ0v) is 6.65. The molecule has 1 aliphatic rings. The third-order valence-electron chi connectivity index (χ3n) is 1.94. The van der Waals surface area contributed by atoms with E-state index >= 15 is 0 Å². The highest BCUT2D eigenvalue weighted by Gasteiger charge is 2.44. The second kappa shape index (κ2) is 2.76. The molecule has 0 heterocycles. The maximum Gasteiger partial charge on any atom is 0.309 e. The molecule has 0 unspecified atom stereocenters. The van der Waals surface area contributed by atoms with Gasteiger partial charge in [0.2, 0.25) is 0 Å². The van der Waals surface area contributed by atoms with Gasteiger partial charge in [-0.3, -0.25) is 4.79 Å². The first-order chi connectivity index (χ1) is 4.04. The normalized spacial score (nSPS) is 37.6. The average molecular weight is 166 g/mol. The Morgan fingerprint density at radius 1 is 1.70 bits per heavy atom. The number of nitrogens with two attached hydrogens (primary N) is 1. The Hall–Kier alpha value is -0.280. The summed E-state index contributed by atoms with van der Waals surface area (Å²) in [5.41, 5.74) is 4.91. The lowest BCUT2D eigenvalue weighted by atomic mass is 9.67. The molecule has 0 spiro atoms. The number of carboxylic acids is 1. The lowest BCUT2D eigenvalue weighted by Crippen LogP contribution is -2.48. The number of hydrogen-bond donors (Lipinski definition) is 2. The minimum absolute atomic E-state index is 0. The third-order valence-corrected chi connectivity index (χ3v) is 1.94. The second-order valence-corrected chi connectivity index (χ2v) is 3.03. The van der Waals surface area contributed by atoms with Gasteiger partial charge in [0.1, 0.15) is 0 Å². The molecule has 0 aliphatic heterocycles.